The molecule has 2 N–H and O–H groups in total. The number of carboxylic acid groups (broad SMARTS) is 1. The lowest BCUT2D eigenvalue weighted by Crippen LogP contribution is -2.61. The summed E-state index contributed by atoms with van der Waals surface area (Å²) in [5, 5.41) is 17.6. The van der Waals surface area contributed by atoms with E-state index >= 15 is 0 Å². The Morgan fingerprint density at radius 1 is 1.29 bits per heavy atom. The molecule has 8 heteroatoms. The maximum atomic E-state index is 10.0. The van der Waals surface area contributed by atoms with Crippen LogP contribution >= 0.6 is 11.6 Å². The van der Waals surface area contributed by atoms with Gasteiger partial charge in [-0.3, -0.25) is 9.69 Å². The summed E-state index contributed by atoms with van der Waals surface area (Å²) in [6.45, 7) is 3.87. The standard InChI is InChI=1S/C19H29ClN2O3.CH2O2/c1-21-9-4-7-19(13-23)8-10-22(12-16(19)21)11-14-5-6-15(24-2)18(25-3)17(14)20;2-1-3/h5-6,16,23H,4,7-13H2,1-3H3;1H,(H,2,3)/t16-,19-;/m1./s1. The van der Waals surface area contributed by atoms with Crippen molar-refractivity contribution in [3.8, 4) is 11.5 Å². The SMILES string of the molecule is COc1ccc(CN2CC[C@@]3(CO)CCCN(C)[C@@H]3C2)c(Cl)c1OC.O=CO. The third-order valence-electron chi connectivity index (χ3n) is 6.06. The van der Waals surface area contributed by atoms with Crippen LogP contribution < -0.4 is 9.47 Å². The molecule has 2 aliphatic heterocycles. The summed E-state index contributed by atoms with van der Waals surface area (Å²) in [5.74, 6) is 1.25. The molecule has 0 aromatic heterocycles. The summed E-state index contributed by atoms with van der Waals surface area (Å²) in [7, 11) is 5.41. The van der Waals surface area contributed by atoms with Gasteiger partial charge in [0.15, 0.2) is 11.5 Å². The van der Waals surface area contributed by atoms with Crippen LogP contribution in [0.2, 0.25) is 5.02 Å². The van der Waals surface area contributed by atoms with E-state index < -0.39 is 0 Å². The largest absolute Gasteiger partial charge is 0.493 e. The molecule has 2 aliphatic rings. The van der Waals surface area contributed by atoms with Crippen molar-refractivity contribution in [2.75, 3.05) is 47.5 Å². The molecular weight excluding hydrogens is 384 g/mol. The zero-order valence-corrected chi connectivity index (χ0v) is 17.6. The number of hydrogen-bond donors (Lipinski definition) is 2. The number of carbonyl (C=O) groups is 1. The van der Waals surface area contributed by atoms with Crippen LogP contribution in [0.1, 0.15) is 24.8 Å². The number of likely N-dealkylation sites (N-methyl/N-ethyl adjacent to an activating group) is 1. The van der Waals surface area contributed by atoms with E-state index in [1.54, 1.807) is 14.2 Å². The number of aliphatic hydroxyl groups is 1. The van der Waals surface area contributed by atoms with Gasteiger partial charge in [0.1, 0.15) is 0 Å². The summed E-state index contributed by atoms with van der Waals surface area (Å²) in [6, 6.07) is 4.33. The van der Waals surface area contributed by atoms with Crippen LogP contribution in [0, 0.1) is 5.41 Å². The van der Waals surface area contributed by atoms with Crippen molar-refractivity contribution >= 4 is 18.1 Å². The monoisotopic (exact) mass is 414 g/mol. The molecule has 0 saturated carbocycles. The van der Waals surface area contributed by atoms with Crippen molar-refractivity contribution in [1.29, 1.82) is 0 Å². The number of rotatable bonds is 5. The molecule has 7 nitrogen and oxygen atoms in total. The third kappa shape index (κ3) is 4.71. The van der Waals surface area contributed by atoms with Gasteiger partial charge in [-0.15, -0.1) is 0 Å². The number of halogens is 1. The number of likely N-dealkylation sites (tertiary alicyclic amines) is 2. The second-order valence-electron chi connectivity index (χ2n) is 7.49. The van der Waals surface area contributed by atoms with Gasteiger partial charge in [-0.2, -0.15) is 0 Å². The van der Waals surface area contributed by atoms with Crippen molar-refractivity contribution < 1.29 is 24.5 Å². The third-order valence-corrected chi connectivity index (χ3v) is 6.47. The fourth-order valence-corrected chi connectivity index (χ4v) is 4.80. The molecular formula is C20H31ClN2O5. The number of nitrogens with zero attached hydrogens (tertiary/aromatic N) is 2. The van der Waals surface area contributed by atoms with Gasteiger partial charge in [0, 0.05) is 24.5 Å². The maximum Gasteiger partial charge on any atom is 0.290 e. The summed E-state index contributed by atoms with van der Waals surface area (Å²) >= 11 is 6.55. The van der Waals surface area contributed by atoms with Crippen LogP contribution in [-0.2, 0) is 11.3 Å². The predicted molar refractivity (Wildman–Crippen MR) is 108 cm³/mol. The average Bonchev–Trinajstić information content (AvgIpc) is 2.70. The van der Waals surface area contributed by atoms with Gasteiger partial charge in [-0.05, 0) is 51.0 Å². The smallest absolute Gasteiger partial charge is 0.290 e. The van der Waals surface area contributed by atoms with E-state index in [4.69, 9.17) is 31.0 Å². The minimum Gasteiger partial charge on any atom is -0.493 e. The van der Waals surface area contributed by atoms with Crippen molar-refractivity contribution in [3.05, 3.63) is 22.7 Å². The molecule has 0 spiro atoms. The summed E-state index contributed by atoms with van der Waals surface area (Å²) in [4.78, 5) is 13.2. The lowest BCUT2D eigenvalue weighted by atomic mass is 9.69. The molecule has 2 heterocycles. The first kappa shape index (κ1) is 22.7. The highest BCUT2D eigenvalue weighted by Gasteiger charge is 2.46. The highest BCUT2D eigenvalue weighted by Crippen LogP contribution is 2.43. The van der Waals surface area contributed by atoms with Crippen molar-refractivity contribution in [3.63, 3.8) is 0 Å². The number of fused-ring (bicyclic) bond motifs is 1. The van der Waals surface area contributed by atoms with Crippen molar-refractivity contribution in [2.24, 2.45) is 5.41 Å². The van der Waals surface area contributed by atoms with Crippen LogP contribution in [0.15, 0.2) is 12.1 Å². The Balaban J connectivity index is 0.000000878. The molecule has 0 radical (unpaired) electrons. The van der Waals surface area contributed by atoms with E-state index in [0.29, 0.717) is 22.6 Å². The molecule has 28 heavy (non-hydrogen) atoms. The van der Waals surface area contributed by atoms with Crippen LogP contribution in [0.5, 0.6) is 11.5 Å². The molecule has 2 fully saturated rings. The maximum absolute atomic E-state index is 10.0. The molecule has 3 rings (SSSR count). The number of hydrogen-bond acceptors (Lipinski definition) is 6. The molecule has 0 bridgehead atoms. The minimum absolute atomic E-state index is 0.0604. The topological polar surface area (TPSA) is 82.5 Å². The number of methoxy groups -OCH3 is 2. The highest BCUT2D eigenvalue weighted by atomic mass is 35.5. The Morgan fingerprint density at radius 2 is 2.00 bits per heavy atom. The first-order valence-electron chi connectivity index (χ1n) is 9.47. The zero-order valence-electron chi connectivity index (χ0n) is 16.9. The van der Waals surface area contributed by atoms with E-state index in [1.807, 2.05) is 12.1 Å². The van der Waals surface area contributed by atoms with Gasteiger partial charge in [-0.1, -0.05) is 17.7 Å². The van der Waals surface area contributed by atoms with Gasteiger partial charge < -0.3 is 24.6 Å². The average molecular weight is 415 g/mol. The van der Waals surface area contributed by atoms with Crippen LogP contribution in [0.25, 0.3) is 0 Å². The van der Waals surface area contributed by atoms with E-state index in [2.05, 4.69) is 16.8 Å². The van der Waals surface area contributed by atoms with E-state index in [-0.39, 0.29) is 18.5 Å². The Kier molecular flexibility index (Phi) is 8.37. The Morgan fingerprint density at radius 3 is 2.61 bits per heavy atom. The number of piperidine rings is 2. The molecule has 2 atom stereocenters. The van der Waals surface area contributed by atoms with E-state index in [0.717, 1.165) is 44.6 Å². The molecule has 0 amide bonds. The van der Waals surface area contributed by atoms with Gasteiger partial charge >= 0.3 is 0 Å². The quantitative estimate of drug-likeness (QED) is 0.715. The van der Waals surface area contributed by atoms with Gasteiger partial charge in [0.25, 0.3) is 6.47 Å². The Labute approximate surface area is 171 Å². The number of benzene rings is 1. The molecule has 0 aliphatic carbocycles. The van der Waals surface area contributed by atoms with E-state index in [1.165, 1.54) is 6.42 Å². The molecule has 0 unspecified atom stereocenters. The second kappa shape index (κ2) is 10.3. The molecule has 158 valence electrons. The lowest BCUT2D eigenvalue weighted by Gasteiger charge is -2.53. The molecule has 2 saturated heterocycles. The normalized spacial score (nSPS) is 25.2. The number of ether oxygens (including phenoxy) is 2. The first-order valence-corrected chi connectivity index (χ1v) is 9.84. The fraction of sp³-hybridized carbons (Fsp3) is 0.650. The van der Waals surface area contributed by atoms with Crippen molar-refractivity contribution in [1.82, 2.24) is 9.80 Å². The lowest BCUT2D eigenvalue weighted by molar-refractivity contribution is -0.122. The highest BCUT2D eigenvalue weighted by molar-refractivity contribution is 6.33. The van der Waals surface area contributed by atoms with Gasteiger partial charge in [-0.25, -0.2) is 0 Å². The summed E-state index contributed by atoms with van der Waals surface area (Å²) in [5.41, 5.74) is 1.11. The van der Waals surface area contributed by atoms with Crippen LogP contribution in [0.3, 0.4) is 0 Å². The summed E-state index contributed by atoms with van der Waals surface area (Å²) < 4.78 is 10.7. The van der Waals surface area contributed by atoms with Gasteiger partial charge in [0.2, 0.25) is 0 Å². The Bertz CT molecular complexity index is 660. The first-order chi connectivity index (χ1) is 13.5. The summed E-state index contributed by atoms with van der Waals surface area (Å²) in [6.07, 6.45) is 3.34. The molecule has 1 aromatic carbocycles. The molecule has 1 aromatic rings. The van der Waals surface area contributed by atoms with Crippen LogP contribution in [-0.4, -0.2) is 80.0 Å². The van der Waals surface area contributed by atoms with E-state index in [9.17, 15) is 5.11 Å². The zero-order chi connectivity index (χ0) is 20.7. The second-order valence-corrected chi connectivity index (χ2v) is 7.86. The van der Waals surface area contributed by atoms with Crippen molar-refractivity contribution in [2.45, 2.75) is 31.8 Å². The fourth-order valence-electron chi connectivity index (χ4n) is 4.51. The Hall–Kier alpha value is -1.54. The van der Waals surface area contributed by atoms with Crippen LogP contribution in [0.4, 0.5) is 0 Å². The predicted octanol–water partition coefficient (Wildman–Crippen LogP) is 2.34. The minimum atomic E-state index is -0.250. The van der Waals surface area contributed by atoms with Gasteiger partial charge in [0.05, 0.1) is 25.8 Å². The number of aliphatic hydroxyl groups excluding tert-OH is 1.